The Morgan fingerprint density at radius 3 is 2.35 bits per heavy atom. The van der Waals surface area contributed by atoms with Crippen LogP contribution in [0.2, 0.25) is 0 Å². The van der Waals surface area contributed by atoms with E-state index in [1.807, 2.05) is 12.4 Å². The van der Waals surface area contributed by atoms with Crippen molar-refractivity contribution in [2.45, 2.75) is 26.3 Å². The highest BCUT2D eigenvalue weighted by molar-refractivity contribution is 5.61. The van der Waals surface area contributed by atoms with Crippen LogP contribution >= 0.6 is 0 Å². The summed E-state index contributed by atoms with van der Waals surface area (Å²) in [6.45, 7) is 10.1. The molecule has 0 bridgehead atoms. The molecule has 0 spiro atoms. The van der Waals surface area contributed by atoms with Crippen LogP contribution in [0.15, 0.2) is 30.6 Å². The second-order valence-electron chi connectivity index (χ2n) is 7.67. The molecule has 4 rings (SSSR count). The Labute approximate surface area is 156 Å². The number of nitrogens with zero attached hydrogens (tertiary/aromatic N) is 5. The molecule has 2 saturated heterocycles. The summed E-state index contributed by atoms with van der Waals surface area (Å²) in [7, 11) is 2.20. The SMILES string of the molecule is Cc1cc(-c2cnc(N3CCCC3)cn2)ccc1CN1CCN(C)CC1. The van der Waals surface area contributed by atoms with E-state index in [-0.39, 0.29) is 0 Å². The van der Waals surface area contributed by atoms with Gasteiger partial charge in [0.15, 0.2) is 0 Å². The molecule has 0 unspecified atom stereocenters. The molecule has 138 valence electrons. The summed E-state index contributed by atoms with van der Waals surface area (Å²) in [5, 5.41) is 0. The quantitative estimate of drug-likeness (QED) is 0.846. The summed E-state index contributed by atoms with van der Waals surface area (Å²) in [4.78, 5) is 16.6. The summed E-state index contributed by atoms with van der Waals surface area (Å²) >= 11 is 0. The largest absolute Gasteiger partial charge is 0.355 e. The maximum absolute atomic E-state index is 4.67. The molecule has 0 aliphatic carbocycles. The zero-order chi connectivity index (χ0) is 17.9. The van der Waals surface area contributed by atoms with Gasteiger partial charge < -0.3 is 9.80 Å². The van der Waals surface area contributed by atoms with Crippen molar-refractivity contribution in [2.24, 2.45) is 0 Å². The maximum Gasteiger partial charge on any atom is 0.147 e. The molecule has 2 aliphatic heterocycles. The lowest BCUT2D eigenvalue weighted by molar-refractivity contribution is 0.148. The van der Waals surface area contributed by atoms with E-state index in [1.165, 1.54) is 24.0 Å². The summed E-state index contributed by atoms with van der Waals surface area (Å²) in [6.07, 6.45) is 6.37. The van der Waals surface area contributed by atoms with Gasteiger partial charge in [0, 0.05) is 51.4 Å². The zero-order valence-electron chi connectivity index (χ0n) is 16.0. The van der Waals surface area contributed by atoms with Crippen molar-refractivity contribution >= 4 is 5.82 Å². The third-order valence-corrected chi connectivity index (χ3v) is 5.70. The molecular weight excluding hydrogens is 322 g/mol. The second-order valence-corrected chi connectivity index (χ2v) is 7.67. The molecule has 0 saturated carbocycles. The topological polar surface area (TPSA) is 35.5 Å². The third-order valence-electron chi connectivity index (χ3n) is 5.70. The van der Waals surface area contributed by atoms with Gasteiger partial charge in [0.05, 0.1) is 18.1 Å². The van der Waals surface area contributed by atoms with Crippen molar-refractivity contribution in [3.8, 4) is 11.3 Å². The normalized spacial score (nSPS) is 19.2. The molecule has 1 aromatic heterocycles. The van der Waals surface area contributed by atoms with E-state index in [0.717, 1.165) is 62.9 Å². The first-order valence-corrected chi connectivity index (χ1v) is 9.77. The molecule has 5 nitrogen and oxygen atoms in total. The first-order valence-electron chi connectivity index (χ1n) is 9.77. The van der Waals surface area contributed by atoms with Crippen LogP contribution in [0.3, 0.4) is 0 Å². The van der Waals surface area contributed by atoms with E-state index in [0.29, 0.717) is 0 Å². The Morgan fingerprint density at radius 1 is 0.923 bits per heavy atom. The summed E-state index contributed by atoms with van der Waals surface area (Å²) in [6, 6.07) is 6.71. The first-order chi connectivity index (χ1) is 12.7. The van der Waals surface area contributed by atoms with E-state index in [2.05, 4.69) is 56.8 Å². The van der Waals surface area contributed by atoms with E-state index < -0.39 is 0 Å². The van der Waals surface area contributed by atoms with Crippen LogP contribution in [-0.2, 0) is 6.54 Å². The van der Waals surface area contributed by atoms with E-state index >= 15 is 0 Å². The Balaban J connectivity index is 1.45. The minimum atomic E-state index is 0.960. The predicted octanol–water partition coefficient (Wildman–Crippen LogP) is 2.80. The van der Waals surface area contributed by atoms with Gasteiger partial charge in [-0.2, -0.15) is 0 Å². The van der Waals surface area contributed by atoms with Gasteiger partial charge >= 0.3 is 0 Å². The minimum Gasteiger partial charge on any atom is -0.355 e. The lowest BCUT2D eigenvalue weighted by Crippen LogP contribution is -2.43. The van der Waals surface area contributed by atoms with Gasteiger partial charge in [-0.3, -0.25) is 9.88 Å². The van der Waals surface area contributed by atoms with E-state index in [1.54, 1.807) is 0 Å². The summed E-state index contributed by atoms with van der Waals surface area (Å²) in [5.74, 6) is 1.01. The fraction of sp³-hybridized carbons (Fsp3) is 0.524. The van der Waals surface area contributed by atoms with Crippen molar-refractivity contribution in [2.75, 3.05) is 51.2 Å². The van der Waals surface area contributed by atoms with Crippen LogP contribution in [0.1, 0.15) is 24.0 Å². The number of hydrogen-bond donors (Lipinski definition) is 0. The number of aromatic nitrogens is 2. The Kier molecular flexibility index (Phi) is 5.18. The lowest BCUT2D eigenvalue weighted by Gasteiger charge is -2.32. The smallest absolute Gasteiger partial charge is 0.147 e. The van der Waals surface area contributed by atoms with Gasteiger partial charge in [-0.1, -0.05) is 12.1 Å². The van der Waals surface area contributed by atoms with Gasteiger partial charge in [0.1, 0.15) is 5.82 Å². The molecule has 0 amide bonds. The van der Waals surface area contributed by atoms with Gasteiger partial charge in [-0.05, 0) is 44.0 Å². The first kappa shape index (κ1) is 17.4. The van der Waals surface area contributed by atoms with Gasteiger partial charge in [0.25, 0.3) is 0 Å². The van der Waals surface area contributed by atoms with Crippen LogP contribution in [0.25, 0.3) is 11.3 Å². The number of anilines is 1. The van der Waals surface area contributed by atoms with Crippen LogP contribution in [-0.4, -0.2) is 66.1 Å². The highest BCUT2D eigenvalue weighted by atomic mass is 15.2. The molecule has 26 heavy (non-hydrogen) atoms. The van der Waals surface area contributed by atoms with Crippen LogP contribution in [0.5, 0.6) is 0 Å². The van der Waals surface area contributed by atoms with Crippen molar-refractivity contribution in [3.05, 3.63) is 41.7 Å². The Morgan fingerprint density at radius 2 is 1.69 bits per heavy atom. The van der Waals surface area contributed by atoms with Crippen LogP contribution in [0.4, 0.5) is 5.82 Å². The van der Waals surface area contributed by atoms with Crippen LogP contribution in [0, 0.1) is 6.92 Å². The van der Waals surface area contributed by atoms with Crippen molar-refractivity contribution in [3.63, 3.8) is 0 Å². The number of rotatable bonds is 4. The molecule has 0 atom stereocenters. The number of likely N-dealkylation sites (N-methyl/N-ethyl adjacent to an activating group) is 1. The van der Waals surface area contributed by atoms with E-state index in [4.69, 9.17) is 0 Å². The molecule has 0 N–H and O–H groups in total. The maximum atomic E-state index is 4.67. The van der Waals surface area contributed by atoms with Crippen LogP contribution < -0.4 is 4.90 Å². The average Bonchev–Trinajstić information content (AvgIpc) is 3.20. The second kappa shape index (κ2) is 7.72. The number of piperazine rings is 1. The van der Waals surface area contributed by atoms with Crippen molar-refractivity contribution in [1.29, 1.82) is 0 Å². The number of hydrogen-bond acceptors (Lipinski definition) is 5. The Bertz CT molecular complexity index is 729. The Hall–Kier alpha value is -1.98. The average molecular weight is 351 g/mol. The summed E-state index contributed by atoms with van der Waals surface area (Å²) < 4.78 is 0. The molecule has 5 heteroatoms. The van der Waals surface area contributed by atoms with Gasteiger partial charge in [0.2, 0.25) is 0 Å². The number of aryl methyl sites for hydroxylation is 1. The van der Waals surface area contributed by atoms with Gasteiger partial charge in [-0.15, -0.1) is 0 Å². The molecule has 2 aliphatic rings. The molecular formula is C21H29N5. The molecule has 2 aromatic rings. The summed E-state index contributed by atoms with van der Waals surface area (Å²) in [5.41, 5.74) is 4.87. The molecule has 0 radical (unpaired) electrons. The van der Waals surface area contributed by atoms with Crippen molar-refractivity contribution < 1.29 is 0 Å². The fourth-order valence-electron chi connectivity index (χ4n) is 3.86. The number of benzene rings is 1. The monoisotopic (exact) mass is 351 g/mol. The van der Waals surface area contributed by atoms with E-state index in [9.17, 15) is 0 Å². The highest BCUT2D eigenvalue weighted by Crippen LogP contribution is 2.23. The highest BCUT2D eigenvalue weighted by Gasteiger charge is 2.16. The van der Waals surface area contributed by atoms with Gasteiger partial charge in [-0.25, -0.2) is 4.98 Å². The molecule has 1 aromatic carbocycles. The standard InChI is InChI=1S/C21H29N5/c1-17-13-18(5-6-19(17)16-25-11-9-24(2)10-12-25)20-14-23-21(15-22-20)26-7-3-4-8-26/h5-6,13-15H,3-4,7-12,16H2,1-2H3. The zero-order valence-corrected chi connectivity index (χ0v) is 16.0. The lowest BCUT2D eigenvalue weighted by atomic mass is 10.0. The third kappa shape index (κ3) is 3.89. The fourth-order valence-corrected chi connectivity index (χ4v) is 3.86. The van der Waals surface area contributed by atoms with Crippen molar-refractivity contribution in [1.82, 2.24) is 19.8 Å². The molecule has 3 heterocycles. The minimum absolute atomic E-state index is 0.960. The predicted molar refractivity (Wildman–Crippen MR) is 106 cm³/mol. The molecule has 2 fully saturated rings.